The molecule has 0 bridgehead atoms. The van der Waals surface area contributed by atoms with Gasteiger partial charge in [-0.1, -0.05) is 78.9 Å². The Bertz CT molecular complexity index is 1150. The van der Waals surface area contributed by atoms with Crippen LogP contribution in [0.1, 0.15) is 0 Å². The summed E-state index contributed by atoms with van der Waals surface area (Å²) in [6.45, 7) is 0. The van der Waals surface area contributed by atoms with Crippen LogP contribution in [0.5, 0.6) is 0 Å². The second-order valence-electron chi connectivity index (χ2n) is 6.02. The van der Waals surface area contributed by atoms with E-state index < -0.39 is 10.0 Å². The SMILES string of the molecule is O=S(=O)(Nc1cccc2ccccc12)c1ccc(-c2ccccc2)cc1. The summed E-state index contributed by atoms with van der Waals surface area (Å²) in [7, 11) is -3.65. The first-order valence-corrected chi connectivity index (χ1v) is 9.78. The smallest absolute Gasteiger partial charge is 0.261 e. The number of hydrogen-bond donors (Lipinski definition) is 1. The standard InChI is InChI=1S/C22H17NO2S/c24-26(25,23-22-12-6-10-19-9-4-5-11-21(19)22)20-15-13-18(14-16-20)17-7-2-1-3-8-17/h1-16,23H. The average Bonchev–Trinajstić information content (AvgIpc) is 2.69. The molecule has 1 N–H and O–H groups in total. The van der Waals surface area contributed by atoms with E-state index in [1.807, 2.05) is 78.9 Å². The second kappa shape index (κ2) is 6.65. The van der Waals surface area contributed by atoms with Gasteiger partial charge in [-0.15, -0.1) is 0 Å². The Hall–Kier alpha value is -3.11. The number of rotatable bonds is 4. The molecule has 128 valence electrons. The maximum absolute atomic E-state index is 12.8. The normalized spacial score (nSPS) is 11.4. The van der Waals surface area contributed by atoms with Crippen molar-refractivity contribution in [3.63, 3.8) is 0 Å². The highest BCUT2D eigenvalue weighted by atomic mass is 32.2. The molecular weight excluding hydrogens is 342 g/mol. The van der Waals surface area contributed by atoms with Crippen LogP contribution in [-0.2, 0) is 10.0 Å². The van der Waals surface area contributed by atoms with Crippen molar-refractivity contribution in [1.82, 2.24) is 0 Å². The van der Waals surface area contributed by atoms with Crippen LogP contribution in [0.15, 0.2) is 102 Å². The molecule has 3 nitrogen and oxygen atoms in total. The summed E-state index contributed by atoms with van der Waals surface area (Å²) in [4.78, 5) is 0.241. The Kier molecular flexibility index (Phi) is 4.19. The molecule has 26 heavy (non-hydrogen) atoms. The number of hydrogen-bond acceptors (Lipinski definition) is 2. The summed E-state index contributed by atoms with van der Waals surface area (Å²) < 4.78 is 28.3. The van der Waals surface area contributed by atoms with Gasteiger partial charge in [-0.05, 0) is 34.7 Å². The van der Waals surface area contributed by atoms with Gasteiger partial charge in [0.15, 0.2) is 0 Å². The van der Waals surface area contributed by atoms with Crippen LogP contribution in [0.2, 0.25) is 0 Å². The molecule has 0 saturated carbocycles. The molecule has 0 aromatic heterocycles. The monoisotopic (exact) mass is 359 g/mol. The summed E-state index contributed by atoms with van der Waals surface area (Å²) in [5.74, 6) is 0. The highest BCUT2D eigenvalue weighted by Crippen LogP contribution is 2.26. The topological polar surface area (TPSA) is 46.2 Å². The van der Waals surface area contributed by atoms with E-state index in [4.69, 9.17) is 0 Å². The number of sulfonamides is 1. The third kappa shape index (κ3) is 3.19. The zero-order valence-corrected chi connectivity index (χ0v) is 14.8. The summed E-state index contributed by atoms with van der Waals surface area (Å²) in [5.41, 5.74) is 2.61. The maximum Gasteiger partial charge on any atom is 0.261 e. The van der Waals surface area contributed by atoms with E-state index in [0.29, 0.717) is 5.69 Å². The molecule has 4 aromatic rings. The van der Waals surface area contributed by atoms with Gasteiger partial charge in [-0.2, -0.15) is 0 Å². The zero-order chi connectivity index (χ0) is 18.0. The van der Waals surface area contributed by atoms with Crippen molar-refractivity contribution in [2.75, 3.05) is 4.72 Å². The number of fused-ring (bicyclic) bond motifs is 1. The van der Waals surface area contributed by atoms with Gasteiger partial charge in [0.1, 0.15) is 0 Å². The average molecular weight is 359 g/mol. The quantitative estimate of drug-likeness (QED) is 0.537. The van der Waals surface area contributed by atoms with Gasteiger partial charge in [0.05, 0.1) is 10.6 Å². The lowest BCUT2D eigenvalue weighted by Crippen LogP contribution is -2.13. The lowest BCUT2D eigenvalue weighted by atomic mass is 10.1. The highest BCUT2D eigenvalue weighted by molar-refractivity contribution is 7.92. The first-order valence-electron chi connectivity index (χ1n) is 8.29. The first kappa shape index (κ1) is 16.4. The molecule has 0 atom stereocenters. The lowest BCUT2D eigenvalue weighted by Gasteiger charge is -2.11. The molecular formula is C22H17NO2S. The molecule has 0 spiro atoms. The fourth-order valence-corrected chi connectivity index (χ4v) is 4.05. The molecule has 0 fully saturated rings. The van der Waals surface area contributed by atoms with Crippen molar-refractivity contribution < 1.29 is 8.42 Å². The van der Waals surface area contributed by atoms with Crippen LogP contribution in [0, 0.1) is 0 Å². The van der Waals surface area contributed by atoms with Gasteiger partial charge in [-0.3, -0.25) is 4.72 Å². The predicted octanol–water partition coefficient (Wildman–Crippen LogP) is 5.31. The van der Waals surface area contributed by atoms with Gasteiger partial charge in [0, 0.05) is 5.39 Å². The molecule has 0 unspecified atom stereocenters. The highest BCUT2D eigenvalue weighted by Gasteiger charge is 2.15. The van der Waals surface area contributed by atoms with Crippen LogP contribution in [0.4, 0.5) is 5.69 Å². The van der Waals surface area contributed by atoms with E-state index in [0.717, 1.165) is 21.9 Å². The van der Waals surface area contributed by atoms with Crippen LogP contribution >= 0.6 is 0 Å². The van der Waals surface area contributed by atoms with Gasteiger partial charge < -0.3 is 0 Å². The zero-order valence-electron chi connectivity index (χ0n) is 14.0. The van der Waals surface area contributed by atoms with E-state index in [2.05, 4.69) is 4.72 Å². The Balaban J connectivity index is 1.66. The van der Waals surface area contributed by atoms with Crippen molar-refractivity contribution in [1.29, 1.82) is 0 Å². The molecule has 0 radical (unpaired) electrons. The third-order valence-corrected chi connectivity index (χ3v) is 5.69. The molecule has 4 heteroatoms. The Morgan fingerprint density at radius 1 is 0.577 bits per heavy atom. The summed E-state index contributed by atoms with van der Waals surface area (Å²) in [6.07, 6.45) is 0. The Morgan fingerprint density at radius 3 is 1.96 bits per heavy atom. The Morgan fingerprint density at radius 2 is 1.19 bits per heavy atom. The lowest BCUT2D eigenvalue weighted by molar-refractivity contribution is 0.601. The molecule has 0 aliphatic carbocycles. The van der Waals surface area contributed by atoms with Crippen molar-refractivity contribution >= 4 is 26.5 Å². The second-order valence-corrected chi connectivity index (χ2v) is 7.71. The fourth-order valence-electron chi connectivity index (χ4n) is 2.98. The minimum absolute atomic E-state index is 0.241. The van der Waals surface area contributed by atoms with Crippen LogP contribution < -0.4 is 4.72 Å². The van der Waals surface area contributed by atoms with Gasteiger partial charge in [0.25, 0.3) is 10.0 Å². The number of benzene rings is 4. The van der Waals surface area contributed by atoms with Crippen LogP contribution in [0.3, 0.4) is 0 Å². The van der Waals surface area contributed by atoms with Crippen molar-refractivity contribution in [3.05, 3.63) is 97.1 Å². The van der Waals surface area contributed by atoms with Gasteiger partial charge >= 0.3 is 0 Å². The number of nitrogens with one attached hydrogen (secondary N) is 1. The van der Waals surface area contributed by atoms with E-state index in [-0.39, 0.29) is 4.90 Å². The minimum Gasteiger partial charge on any atom is -0.279 e. The fraction of sp³-hybridized carbons (Fsp3) is 0. The van der Waals surface area contributed by atoms with Crippen LogP contribution in [0.25, 0.3) is 21.9 Å². The minimum atomic E-state index is -3.65. The summed E-state index contributed by atoms with van der Waals surface area (Å²) >= 11 is 0. The van der Waals surface area contributed by atoms with E-state index in [9.17, 15) is 8.42 Å². The van der Waals surface area contributed by atoms with E-state index in [1.165, 1.54) is 0 Å². The molecule has 0 aliphatic heterocycles. The van der Waals surface area contributed by atoms with Crippen molar-refractivity contribution in [3.8, 4) is 11.1 Å². The first-order chi connectivity index (χ1) is 12.6. The molecule has 0 aliphatic rings. The maximum atomic E-state index is 12.8. The van der Waals surface area contributed by atoms with Gasteiger partial charge in [0.2, 0.25) is 0 Å². The van der Waals surface area contributed by atoms with Crippen molar-refractivity contribution in [2.24, 2.45) is 0 Å². The molecule has 0 saturated heterocycles. The summed E-state index contributed by atoms with van der Waals surface area (Å²) in [5, 5.41) is 1.87. The third-order valence-electron chi connectivity index (χ3n) is 4.31. The van der Waals surface area contributed by atoms with E-state index in [1.54, 1.807) is 18.2 Å². The van der Waals surface area contributed by atoms with E-state index >= 15 is 0 Å². The largest absolute Gasteiger partial charge is 0.279 e. The van der Waals surface area contributed by atoms with Gasteiger partial charge in [-0.25, -0.2) is 8.42 Å². The Labute approximate surface area is 153 Å². The molecule has 4 aromatic carbocycles. The van der Waals surface area contributed by atoms with Crippen LogP contribution in [-0.4, -0.2) is 8.42 Å². The molecule has 0 amide bonds. The number of anilines is 1. The summed E-state index contributed by atoms with van der Waals surface area (Å²) in [6, 6.07) is 30.1. The predicted molar refractivity (Wildman–Crippen MR) is 107 cm³/mol. The van der Waals surface area contributed by atoms with Crippen molar-refractivity contribution in [2.45, 2.75) is 4.90 Å². The molecule has 0 heterocycles. The molecule has 4 rings (SSSR count).